The highest BCUT2D eigenvalue weighted by atomic mass is 16.6. The molecule has 1 heterocycles. The molecular formula is C27H30O6. The first-order valence-corrected chi connectivity index (χ1v) is 10.9. The van der Waals surface area contributed by atoms with Gasteiger partial charge in [-0.3, -0.25) is 0 Å². The summed E-state index contributed by atoms with van der Waals surface area (Å²) in [5.74, 6) is 1.51. The summed E-state index contributed by atoms with van der Waals surface area (Å²) in [6.45, 7) is 0.503. The van der Waals surface area contributed by atoms with Crippen LogP contribution in [0.4, 0.5) is 0 Å². The van der Waals surface area contributed by atoms with E-state index in [0.717, 1.165) is 28.2 Å². The third kappa shape index (κ3) is 4.61. The average molecular weight is 451 g/mol. The van der Waals surface area contributed by atoms with Crippen molar-refractivity contribution >= 4 is 0 Å². The summed E-state index contributed by atoms with van der Waals surface area (Å²) >= 11 is 0. The number of hydrogen-bond donors (Lipinski definition) is 1. The maximum Gasteiger partial charge on any atom is 0.143 e. The standard InChI is InChI=1S/C27H30O6/c1-29-22-13-9-20(10-14-22)27(19-7-5-4-6-8-19,21-11-15-23(30-2)16-12-21)33-18-25-26(28)24(31-3)17-32-25/h4-16,24-26,28H,17-18H2,1-3H3. The molecule has 6 nitrogen and oxygen atoms in total. The van der Waals surface area contributed by atoms with Crippen LogP contribution in [0, 0.1) is 0 Å². The molecule has 33 heavy (non-hydrogen) atoms. The lowest BCUT2D eigenvalue weighted by atomic mass is 9.80. The predicted octanol–water partition coefficient (Wildman–Crippen LogP) is 3.79. The molecule has 6 heteroatoms. The minimum absolute atomic E-state index is 0.175. The summed E-state index contributed by atoms with van der Waals surface area (Å²) in [5.41, 5.74) is 1.86. The SMILES string of the molecule is COc1ccc(C(OCC2OCC(OC)C2O)(c2ccccc2)c2ccc(OC)cc2)cc1. The summed E-state index contributed by atoms with van der Waals surface area (Å²) in [4.78, 5) is 0. The van der Waals surface area contributed by atoms with Gasteiger partial charge >= 0.3 is 0 Å². The molecule has 3 atom stereocenters. The molecule has 1 N–H and O–H groups in total. The summed E-state index contributed by atoms with van der Waals surface area (Å²) < 4.78 is 28.7. The van der Waals surface area contributed by atoms with Crippen molar-refractivity contribution in [3.05, 3.63) is 95.6 Å². The van der Waals surface area contributed by atoms with Crippen molar-refractivity contribution in [3.63, 3.8) is 0 Å². The Labute approximate surface area is 194 Å². The van der Waals surface area contributed by atoms with Crippen LogP contribution in [-0.4, -0.2) is 58.0 Å². The first-order chi connectivity index (χ1) is 16.1. The minimum Gasteiger partial charge on any atom is -0.497 e. The van der Waals surface area contributed by atoms with Gasteiger partial charge in [0, 0.05) is 7.11 Å². The second kappa shape index (κ2) is 10.4. The number of aliphatic hydroxyl groups is 1. The van der Waals surface area contributed by atoms with Gasteiger partial charge in [-0.2, -0.15) is 0 Å². The normalized spacial score (nSPS) is 20.5. The fourth-order valence-electron chi connectivity index (χ4n) is 4.29. The van der Waals surface area contributed by atoms with Crippen LogP contribution >= 0.6 is 0 Å². The van der Waals surface area contributed by atoms with E-state index in [1.165, 1.54) is 0 Å². The van der Waals surface area contributed by atoms with E-state index in [2.05, 4.69) is 0 Å². The Bertz CT molecular complexity index is 956. The zero-order valence-corrected chi connectivity index (χ0v) is 19.1. The van der Waals surface area contributed by atoms with Gasteiger partial charge in [0.1, 0.15) is 35.4 Å². The van der Waals surface area contributed by atoms with Crippen LogP contribution in [0.1, 0.15) is 16.7 Å². The molecule has 1 aliphatic heterocycles. The molecule has 0 aromatic heterocycles. The monoisotopic (exact) mass is 450 g/mol. The second-order valence-electron chi connectivity index (χ2n) is 7.95. The molecular weight excluding hydrogens is 420 g/mol. The lowest BCUT2D eigenvalue weighted by molar-refractivity contribution is -0.0738. The van der Waals surface area contributed by atoms with Gasteiger partial charge in [-0.25, -0.2) is 0 Å². The van der Waals surface area contributed by atoms with E-state index in [1.54, 1.807) is 21.3 Å². The molecule has 0 bridgehead atoms. The Morgan fingerprint density at radius 3 is 1.76 bits per heavy atom. The van der Waals surface area contributed by atoms with Crippen LogP contribution in [-0.2, 0) is 19.8 Å². The Balaban J connectivity index is 1.81. The van der Waals surface area contributed by atoms with Gasteiger partial charge in [-0.05, 0) is 41.0 Å². The molecule has 0 radical (unpaired) electrons. The predicted molar refractivity (Wildman–Crippen MR) is 125 cm³/mol. The Morgan fingerprint density at radius 1 is 0.788 bits per heavy atom. The number of ether oxygens (including phenoxy) is 5. The summed E-state index contributed by atoms with van der Waals surface area (Å²) in [6.07, 6.45) is -1.64. The number of hydrogen-bond acceptors (Lipinski definition) is 6. The van der Waals surface area contributed by atoms with Crippen molar-refractivity contribution in [1.29, 1.82) is 0 Å². The van der Waals surface area contributed by atoms with E-state index < -0.39 is 17.8 Å². The topological polar surface area (TPSA) is 66.4 Å². The lowest BCUT2D eigenvalue weighted by Crippen LogP contribution is -2.39. The van der Waals surface area contributed by atoms with Crippen molar-refractivity contribution in [2.24, 2.45) is 0 Å². The molecule has 3 aromatic carbocycles. The third-order valence-corrected chi connectivity index (χ3v) is 6.18. The van der Waals surface area contributed by atoms with Crippen LogP contribution in [0.25, 0.3) is 0 Å². The Kier molecular flexibility index (Phi) is 7.30. The van der Waals surface area contributed by atoms with Gasteiger partial charge < -0.3 is 28.8 Å². The van der Waals surface area contributed by atoms with Crippen molar-refractivity contribution in [3.8, 4) is 11.5 Å². The van der Waals surface area contributed by atoms with Crippen LogP contribution in [0.15, 0.2) is 78.9 Å². The molecule has 1 fully saturated rings. The van der Waals surface area contributed by atoms with Crippen molar-refractivity contribution < 1.29 is 28.8 Å². The summed E-state index contributed by atoms with van der Waals surface area (Å²) in [7, 11) is 4.86. The van der Waals surface area contributed by atoms with E-state index in [1.807, 2.05) is 78.9 Å². The first-order valence-electron chi connectivity index (χ1n) is 10.9. The largest absolute Gasteiger partial charge is 0.497 e. The van der Waals surface area contributed by atoms with E-state index in [9.17, 15) is 5.11 Å². The van der Waals surface area contributed by atoms with Gasteiger partial charge in [0.05, 0.1) is 27.4 Å². The molecule has 174 valence electrons. The lowest BCUT2D eigenvalue weighted by Gasteiger charge is -2.37. The Morgan fingerprint density at radius 2 is 1.30 bits per heavy atom. The van der Waals surface area contributed by atoms with E-state index in [0.29, 0.717) is 6.61 Å². The molecule has 0 aliphatic carbocycles. The highest BCUT2D eigenvalue weighted by Crippen LogP contribution is 2.42. The smallest absolute Gasteiger partial charge is 0.143 e. The maximum absolute atomic E-state index is 10.6. The summed E-state index contributed by atoms with van der Waals surface area (Å²) in [5, 5.41) is 10.6. The molecule has 3 aromatic rings. The van der Waals surface area contributed by atoms with Crippen LogP contribution in [0.2, 0.25) is 0 Å². The van der Waals surface area contributed by atoms with Crippen LogP contribution in [0.5, 0.6) is 11.5 Å². The first kappa shape index (κ1) is 23.3. The van der Waals surface area contributed by atoms with Crippen molar-refractivity contribution in [1.82, 2.24) is 0 Å². The molecule has 0 saturated carbocycles. The van der Waals surface area contributed by atoms with Gasteiger partial charge in [0.15, 0.2) is 0 Å². The number of methoxy groups -OCH3 is 3. The van der Waals surface area contributed by atoms with E-state index >= 15 is 0 Å². The summed E-state index contributed by atoms with van der Waals surface area (Å²) in [6, 6.07) is 25.7. The molecule has 4 rings (SSSR count). The molecule has 0 spiro atoms. The number of benzene rings is 3. The van der Waals surface area contributed by atoms with E-state index in [-0.39, 0.29) is 12.7 Å². The zero-order chi connectivity index (χ0) is 23.3. The highest BCUT2D eigenvalue weighted by Gasteiger charge is 2.42. The van der Waals surface area contributed by atoms with Crippen LogP contribution < -0.4 is 9.47 Å². The van der Waals surface area contributed by atoms with Crippen molar-refractivity contribution in [2.75, 3.05) is 34.5 Å². The maximum atomic E-state index is 10.6. The molecule has 3 unspecified atom stereocenters. The molecule has 1 aliphatic rings. The third-order valence-electron chi connectivity index (χ3n) is 6.18. The zero-order valence-electron chi connectivity index (χ0n) is 19.1. The quantitative estimate of drug-likeness (QED) is 0.501. The Hall–Kier alpha value is -2.90. The average Bonchev–Trinajstić information content (AvgIpc) is 3.25. The van der Waals surface area contributed by atoms with Gasteiger partial charge in [0.2, 0.25) is 0 Å². The van der Waals surface area contributed by atoms with Gasteiger partial charge in [0.25, 0.3) is 0 Å². The number of rotatable bonds is 9. The van der Waals surface area contributed by atoms with Gasteiger partial charge in [-0.1, -0.05) is 54.6 Å². The minimum atomic E-state index is -0.950. The van der Waals surface area contributed by atoms with E-state index in [4.69, 9.17) is 23.7 Å². The molecule has 0 amide bonds. The second-order valence-corrected chi connectivity index (χ2v) is 7.95. The molecule has 1 saturated heterocycles. The number of aliphatic hydroxyl groups excluding tert-OH is 1. The highest BCUT2D eigenvalue weighted by molar-refractivity contribution is 5.49. The fraction of sp³-hybridized carbons (Fsp3) is 0.333. The van der Waals surface area contributed by atoms with Crippen molar-refractivity contribution in [2.45, 2.75) is 23.9 Å². The van der Waals surface area contributed by atoms with Gasteiger partial charge in [-0.15, -0.1) is 0 Å². The fourth-order valence-corrected chi connectivity index (χ4v) is 4.29. The van der Waals surface area contributed by atoms with Crippen LogP contribution in [0.3, 0.4) is 0 Å².